The van der Waals surface area contributed by atoms with Crippen LogP contribution in [-0.2, 0) is 11.2 Å². The van der Waals surface area contributed by atoms with Gasteiger partial charge < -0.3 is 15.2 Å². The van der Waals surface area contributed by atoms with Crippen molar-refractivity contribution in [2.45, 2.75) is 32.3 Å². The zero-order chi connectivity index (χ0) is 13.1. The Bertz CT molecular complexity index is 293. The Morgan fingerprint density at radius 1 is 1.44 bits per heavy atom. The average molecular weight is 252 g/mol. The number of hydrogen-bond donors (Lipinski definition) is 2. The van der Waals surface area contributed by atoms with Crippen LogP contribution >= 0.6 is 0 Å². The number of pyridine rings is 1. The maximum Gasteiger partial charge on any atom is 0.0897 e. The molecule has 0 aliphatic carbocycles. The smallest absolute Gasteiger partial charge is 0.0897 e. The Morgan fingerprint density at radius 2 is 2.33 bits per heavy atom. The maximum atomic E-state index is 9.64. The highest BCUT2D eigenvalue weighted by Gasteiger charge is 2.03. The standard InChI is InChI=1S/C14H24N2O2/c1-2-3-10-18-12-14(17)11-15-9-7-13-6-4-5-8-16-13/h4-6,8,14-15,17H,2-3,7,9-12H2,1H3. The summed E-state index contributed by atoms with van der Waals surface area (Å²) in [5.41, 5.74) is 1.07. The van der Waals surface area contributed by atoms with Gasteiger partial charge in [0.1, 0.15) is 0 Å². The highest BCUT2D eigenvalue weighted by molar-refractivity contribution is 5.03. The van der Waals surface area contributed by atoms with E-state index in [9.17, 15) is 5.11 Å². The second kappa shape index (κ2) is 10.00. The molecule has 0 aromatic carbocycles. The van der Waals surface area contributed by atoms with Crippen LogP contribution in [0.3, 0.4) is 0 Å². The van der Waals surface area contributed by atoms with E-state index in [-0.39, 0.29) is 0 Å². The molecule has 0 amide bonds. The number of aliphatic hydroxyl groups is 1. The molecule has 18 heavy (non-hydrogen) atoms. The van der Waals surface area contributed by atoms with Crippen LogP contribution in [0.5, 0.6) is 0 Å². The molecule has 4 heteroatoms. The third-order valence-corrected chi connectivity index (χ3v) is 2.62. The lowest BCUT2D eigenvalue weighted by atomic mass is 10.2. The van der Waals surface area contributed by atoms with Crippen LogP contribution in [0.4, 0.5) is 0 Å². The molecule has 0 saturated heterocycles. The van der Waals surface area contributed by atoms with E-state index in [0.717, 1.165) is 38.1 Å². The van der Waals surface area contributed by atoms with E-state index in [2.05, 4.69) is 17.2 Å². The van der Waals surface area contributed by atoms with Gasteiger partial charge in [-0.1, -0.05) is 19.4 Å². The first-order valence-corrected chi connectivity index (χ1v) is 6.69. The van der Waals surface area contributed by atoms with Crippen LogP contribution in [0.1, 0.15) is 25.5 Å². The molecule has 1 unspecified atom stereocenters. The fourth-order valence-electron chi connectivity index (χ4n) is 1.56. The molecular formula is C14H24N2O2. The largest absolute Gasteiger partial charge is 0.389 e. The number of hydrogen-bond acceptors (Lipinski definition) is 4. The zero-order valence-electron chi connectivity index (χ0n) is 11.1. The van der Waals surface area contributed by atoms with Crippen LogP contribution < -0.4 is 5.32 Å². The fraction of sp³-hybridized carbons (Fsp3) is 0.643. The first kappa shape index (κ1) is 15.1. The molecule has 1 heterocycles. The van der Waals surface area contributed by atoms with Gasteiger partial charge in [0.2, 0.25) is 0 Å². The third kappa shape index (κ3) is 7.37. The summed E-state index contributed by atoms with van der Waals surface area (Å²) in [6, 6.07) is 5.90. The Hall–Kier alpha value is -0.970. The number of aliphatic hydroxyl groups excluding tert-OH is 1. The highest BCUT2D eigenvalue weighted by atomic mass is 16.5. The lowest BCUT2D eigenvalue weighted by Gasteiger charge is -2.12. The van der Waals surface area contributed by atoms with Gasteiger partial charge in [0.25, 0.3) is 0 Å². The van der Waals surface area contributed by atoms with Crippen LogP contribution in [-0.4, -0.2) is 42.5 Å². The van der Waals surface area contributed by atoms with E-state index in [0.29, 0.717) is 13.2 Å². The molecule has 0 aliphatic rings. The van der Waals surface area contributed by atoms with Gasteiger partial charge in [-0.05, 0) is 18.6 Å². The fourth-order valence-corrected chi connectivity index (χ4v) is 1.56. The summed E-state index contributed by atoms with van der Waals surface area (Å²) in [6.45, 7) is 4.67. The summed E-state index contributed by atoms with van der Waals surface area (Å²) in [4.78, 5) is 4.24. The van der Waals surface area contributed by atoms with E-state index < -0.39 is 6.10 Å². The number of rotatable bonds is 10. The highest BCUT2D eigenvalue weighted by Crippen LogP contribution is 1.94. The van der Waals surface area contributed by atoms with Crippen molar-refractivity contribution in [3.63, 3.8) is 0 Å². The van der Waals surface area contributed by atoms with E-state index in [4.69, 9.17) is 4.74 Å². The third-order valence-electron chi connectivity index (χ3n) is 2.62. The molecule has 1 atom stereocenters. The molecule has 102 valence electrons. The van der Waals surface area contributed by atoms with Crippen molar-refractivity contribution in [1.82, 2.24) is 10.3 Å². The first-order chi connectivity index (χ1) is 8.83. The number of unbranched alkanes of at least 4 members (excludes halogenated alkanes) is 1. The van der Waals surface area contributed by atoms with Crippen LogP contribution in [0.15, 0.2) is 24.4 Å². The predicted molar refractivity (Wildman–Crippen MR) is 72.5 cm³/mol. The Morgan fingerprint density at radius 3 is 3.06 bits per heavy atom. The average Bonchev–Trinajstić information content (AvgIpc) is 2.41. The first-order valence-electron chi connectivity index (χ1n) is 6.69. The Labute approximate surface area is 109 Å². The second-order valence-corrected chi connectivity index (χ2v) is 4.36. The van der Waals surface area contributed by atoms with Gasteiger partial charge in [-0.25, -0.2) is 0 Å². The molecule has 4 nitrogen and oxygen atoms in total. The van der Waals surface area contributed by atoms with Crippen molar-refractivity contribution in [2.24, 2.45) is 0 Å². The van der Waals surface area contributed by atoms with Crippen LogP contribution in [0, 0.1) is 0 Å². The van der Waals surface area contributed by atoms with Gasteiger partial charge in [0.05, 0.1) is 12.7 Å². The maximum absolute atomic E-state index is 9.64. The summed E-state index contributed by atoms with van der Waals surface area (Å²) in [6.07, 6.45) is 4.43. The van der Waals surface area contributed by atoms with Crippen LogP contribution in [0.2, 0.25) is 0 Å². The van der Waals surface area contributed by atoms with Gasteiger partial charge in [-0.15, -0.1) is 0 Å². The van der Waals surface area contributed by atoms with Gasteiger partial charge in [0.15, 0.2) is 0 Å². The summed E-state index contributed by atoms with van der Waals surface area (Å²) >= 11 is 0. The summed E-state index contributed by atoms with van der Waals surface area (Å²) in [5, 5.41) is 12.8. The predicted octanol–water partition coefficient (Wildman–Crippen LogP) is 1.39. The van der Waals surface area contributed by atoms with E-state index in [1.807, 2.05) is 18.2 Å². The summed E-state index contributed by atoms with van der Waals surface area (Å²) in [7, 11) is 0. The molecular weight excluding hydrogens is 228 g/mol. The molecule has 1 rings (SSSR count). The second-order valence-electron chi connectivity index (χ2n) is 4.36. The lowest BCUT2D eigenvalue weighted by molar-refractivity contribution is 0.0360. The minimum atomic E-state index is -0.425. The number of nitrogens with one attached hydrogen (secondary N) is 1. The van der Waals surface area contributed by atoms with Crippen molar-refractivity contribution in [2.75, 3.05) is 26.3 Å². The molecule has 0 bridgehead atoms. The van der Waals surface area contributed by atoms with Gasteiger partial charge in [-0.3, -0.25) is 4.98 Å². The molecule has 0 radical (unpaired) electrons. The molecule has 0 spiro atoms. The van der Waals surface area contributed by atoms with Crippen molar-refractivity contribution in [3.8, 4) is 0 Å². The lowest BCUT2D eigenvalue weighted by Crippen LogP contribution is -2.31. The van der Waals surface area contributed by atoms with Gasteiger partial charge in [0, 0.05) is 38.0 Å². The minimum Gasteiger partial charge on any atom is -0.389 e. The molecule has 0 fully saturated rings. The molecule has 1 aromatic rings. The Balaban J connectivity index is 1.97. The zero-order valence-corrected chi connectivity index (χ0v) is 11.1. The van der Waals surface area contributed by atoms with Gasteiger partial charge in [-0.2, -0.15) is 0 Å². The number of nitrogens with zero attached hydrogens (tertiary/aromatic N) is 1. The van der Waals surface area contributed by atoms with Crippen molar-refractivity contribution < 1.29 is 9.84 Å². The molecule has 0 saturated carbocycles. The van der Waals surface area contributed by atoms with Crippen molar-refractivity contribution >= 4 is 0 Å². The van der Waals surface area contributed by atoms with Crippen molar-refractivity contribution in [3.05, 3.63) is 30.1 Å². The quantitative estimate of drug-likeness (QED) is 0.618. The van der Waals surface area contributed by atoms with E-state index in [1.54, 1.807) is 6.20 Å². The Kier molecular flexibility index (Phi) is 8.38. The number of aromatic nitrogens is 1. The number of ether oxygens (including phenoxy) is 1. The summed E-state index contributed by atoms with van der Waals surface area (Å²) in [5.74, 6) is 0. The van der Waals surface area contributed by atoms with Crippen LogP contribution in [0.25, 0.3) is 0 Å². The monoisotopic (exact) mass is 252 g/mol. The SMILES string of the molecule is CCCCOCC(O)CNCCc1ccccn1. The topological polar surface area (TPSA) is 54.4 Å². The summed E-state index contributed by atoms with van der Waals surface area (Å²) < 4.78 is 5.35. The minimum absolute atomic E-state index is 0.413. The normalized spacial score (nSPS) is 12.6. The molecule has 0 aliphatic heterocycles. The van der Waals surface area contributed by atoms with E-state index in [1.165, 1.54) is 0 Å². The van der Waals surface area contributed by atoms with E-state index >= 15 is 0 Å². The van der Waals surface area contributed by atoms with Gasteiger partial charge >= 0.3 is 0 Å². The molecule has 1 aromatic heterocycles. The molecule has 2 N–H and O–H groups in total. The van der Waals surface area contributed by atoms with Crippen molar-refractivity contribution in [1.29, 1.82) is 0 Å².